The van der Waals surface area contributed by atoms with Crippen molar-refractivity contribution in [3.8, 4) is 17.7 Å². The lowest BCUT2D eigenvalue weighted by Gasteiger charge is -2.06. The summed E-state index contributed by atoms with van der Waals surface area (Å²) in [6, 6.07) is 5.90. The van der Waals surface area contributed by atoms with Crippen molar-refractivity contribution in [1.29, 1.82) is 5.26 Å². The van der Waals surface area contributed by atoms with E-state index in [0.717, 1.165) is 17.5 Å². The van der Waals surface area contributed by atoms with Crippen LogP contribution >= 0.6 is 11.8 Å². The van der Waals surface area contributed by atoms with Crippen LogP contribution in [-0.4, -0.2) is 20.5 Å². The largest absolute Gasteiger partial charge is 0.461 e. The summed E-state index contributed by atoms with van der Waals surface area (Å²) in [6.45, 7) is 4.70. The molecule has 1 atom stereocenters. The topological polar surface area (TPSA) is 67.6 Å². The molecule has 0 unspecified atom stereocenters. The molecule has 0 amide bonds. The van der Waals surface area contributed by atoms with Crippen LogP contribution in [0.4, 0.5) is 0 Å². The fourth-order valence-electron chi connectivity index (χ4n) is 1.51. The molecule has 0 aliphatic rings. The lowest BCUT2D eigenvalue weighted by atomic mass is 10.3. The highest BCUT2D eigenvalue weighted by Crippen LogP contribution is 2.25. The molecule has 2 aromatic rings. The molecule has 2 heterocycles. The van der Waals surface area contributed by atoms with Crippen molar-refractivity contribution >= 4 is 11.8 Å². The van der Waals surface area contributed by atoms with Gasteiger partial charge in [-0.2, -0.15) is 5.26 Å². The molecule has 5 nitrogen and oxygen atoms in total. The predicted octanol–water partition coefficient (Wildman–Crippen LogP) is 2.81. The molecule has 0 spiro atoms. The Morgan fingerprint density at radius 3 is 3.00 bits per heavy atom. The molecule has 0 saturated carbocycles. The van der Waals surface area contributed by atoms with Gasteiger partial charge in [0.05, 0.1) is 18.3 Å². The van der Waals surface area contributed by atoms with Gasteiger partial charge in [-0.05, 0) is 26.0 Å². The highest BCUT2D eigenvalue weighted by molar-refractivity contribution is 7.99. The summed E-state index contributed by atoms with van der Waals surface area (Å²) in [5, 5.41) is 17.9. The zero-order valence-electron chi connectivity index (χ0n) is 10.3. The van der Waals surface area contributed by atoms with E-state index in [0.29, 0.717) is 11.5 Å². The van der Waals surface area contributed by atoms with Crippen molar-refractivity contribution in [3.63, 3.8) is 0 Å². The summed E-state index contributed by atoms with van der Waals surface area (Å²) in [4.78, 5) is 0. The van der Waals surface area contributed by atoms with Gasteiger partial charge in [0, 0.05) is 12.3 Å². The van der Waals surface area contributed by atoms with E-state index in [1.165, 1.54) is 0 Å². The number of rotatable bonds is 5. The van der Waals surface area contributed by atoms with Gasteiger partial charge in [0.25, 0.3) is 0 Å². The molecule has 0 radical (unpaired) electrons. The summed E-state index contributed by atoms with van der Waals surface area (Å²) in [7, 11) is 0. The lowest BCUT2D eigenvalue weighted by molar-refractivity contribution is 0.567. The number of hydrogen-bond donors (Lipinski definition) is 0. The summed E-state index contributed by atoms with van der Waals surface area (Å²) < 4.78 is 7.33. The van der Waals surface area contributed by atoms with Crippen molar-refractivity contribution in [1.82, 2.24) is 14.8 Å². The number of thioether (sulfide) groups is 1. The van der Waals surface area contributed by atoms with Crippen LogP contribution in [-0.2, 0) is 6.54 Å². The highest BCUT2D eigenvalue weighted by Gasteiger charge is 2.15. The molecular weight excluding hydrogens is 248 g/mol. The molecule has 6 heteroatoms. The van der Waals surface area contributed by atoms with E-state index in [4.69, 9.17) is 9.68 Å². The molecule has 0 N–H and O–H groups in total. The molecule has 0 bridgehead atoms. The first kappa shape index (κ1) is 12.7. The lowest BCUT2D eigenvalue weighted by Crippen LogP contribution is -2.01. The van der Waals surface area contributed by atoms with Crippen LogP contribution in [0.15, 0.2) is 28.0 Å². The Labute approximate surface area is 110 Å². The molecular formula is C12H14N4OS. The van der Waals surface area contributed by atoms with Crippen LogP contribution < -0.4 is 0 Å². The average molecular weight is 262 g/mol. The predicted molar refractivity (Wildman–Crippen MR) is 68.9 cm³/mol. The van der Waals surface area contributed by atoms with Crippen LogP contribution in [0.1, 0.15) is 13.8 Å². The maximum absolute atomic E-state index is 8.77. The summed E-state index contributed by atoms with van der Waals surface area (Å²) in [5.74, 6) is 2.16. The zero-order valence-corrected chi connectivity index (χ0v) is 11.1. The fraction of sp³-hybridized carbons (Fsp3) is 0.417. The van der Waals surface area contributed by atoms with Crippen molar-refractivity contribution in [2.24, 2.45) is 5.92 Å². The van der Waals surface area contributed by atoms with E-state index in [1.54, 1.807) is 18.0 Å². The third kappa shape index (κ3) is 2.57. The molecule has 18 heavy (non-hydrogen) atoms. The Bertz CT molecular complexity index is 541. The molecule has 94 valence electrons. The van der Waals surface area contributed by atoms with Gasteiger partial charge in [-0.25, -0.2) is 0 Å². The first-order valence-electron chi connectivity index (χ1n) is 5.75. The van der Waals surface area contributed by atoms with Gasteiger partial charge in [-0.3, -0.25) is 4.57 Å². The SMILES string of the molecule is CCn1c(SC[C@H](C)C#N)nnc1-c1ccco1. The van der Waals surface area contributed by atoms with Gasteiger partial charge < -0.3 is 4.42 Å². The van der Waals surface area contributed by atoms with E-state index in [9.17, 15) is 0 Å². The van der Waals surface area contributed by atoms with Crippen molar-refractivity contribution in [3.05, 3.63) is 18.4 Å². The Morgan fingerprint density at radius 2 is 2.39 bits per heavy atom. The van der Waals surface area contributed by atoms with Crippen molar-refractivity contribution in [2.45, 2.75) is 25.5 Å². The molecule has 0 saturated heterocycles. The monoisotopic (exact) mass is 262 g/mol. The second-order valence-corrected chi connectivity index (χ2v) is 4.86. The maximum atomic E-state index is 8.77. The molecule has 2 rings (SSSR count). The van der Waals surface area contributed by atoms with Crippen LogP contribution in [0.25, 0.3) is 11.6 Å². The van der Waals surface area contributed by atoms with Gasteiger partial charge in [0.1, 0.15) is 0 Å². The number of nitriles is 1. The number of nitrogens with zero attached hydrogens (tertiary/aromatic N) is 4. The van der Waals surface area contributed by atoms with E-state index >= 15 is 0 Å². The minimum Gasteiger partial charge on any atom is -0.461 e. The van der Waals surface area contributed by atoms with Crippen LogP contribution in [0.2, 0.25) is 0 Å². The number of furan rings is 1. The van der Waals surface area contributed by atoms with Gasteiger partial charge in [0.2, 0.25) is 0 Å². The third-order valence-corrected chi connectivity index (χ3v) is 3.68. The summed E-state index contributed by atoms with van der Waals surface area (Å²) in [5.41, 5.74) is 0. The Morgan fingerprint density at radius 1 is 1.56 bits per heavy atom. The van der Waals surface area contributed by atoms with Gasteiger partial charge in [-0.15, -0.1) is 10.2 Å². The molecule has 0 aromatic carbocycles. The summed E-state index contributed by atoms with van der Waals surface area (Å²) in [6.07, 6.45) is 1.62. The smallest absolute Gasteiger partial charge is 0.200 e. The first-order chi connectivity index (χ1) is 8.76. The molecule has 0 aliphatic carbocycles. The van der Waals surface area contributed by atoms with Crippen LogP contribution in [0.5, 0.6) is 0 Å². The molecule has 0 fully saturated rings. The van der Waals surface area contributed by atoms with E-state index < -0.39 is 0 Å². The second-order valence-electron chi connectivity index (χ2n) is 3.87. The van der Waals surface area contributed by atoms with E-state index in [2.05, 4.69) is 16.3 Å². The summed E-state index contributed by atoms with van der Waals surface area (Å²) >= 11 is 1.55. The Balaban J connectivity index is 2.20. The van der Waals surface area contributed by atoms with E-state index in [-0.39, 0.29) is 5.92 Å². The minimum absolute atomic E-state index is 0.00377. The third-order valence-electron chi connectivity index (χ3n) is 2.46. The van der Waals surface area contributed by atoms with Crippen LogP contribution in [0, 0.1) is 17.2 Å². The maximum Gasteiger partial charge on any atom is 0.200 e. The highest BCUT2D eigenvalue weighted by atomic mass is 32.2. The average Bonchev–Trinajstić information content (AvgIpc) is 3.03. The van der Waals surface area contributed by atoms with Crippen molar-refractivity contribution in [2.75, 3.05) is 5.75 Å². The van der Waals surface area contributed by atoms with Crippen LogP contribution in [0.3, 0.4) is 0 Å². The molecule has 0 aliphatic heterocycles. The van der Waals surface area contributed by atoms with Gasteiger partial charge in [0.15, 0.2) is 16.7 Å². The minimum atomic E-state index is 0.00377. The first-order valence-corrected chi connectivity index (χ1v) is 6.74. The molecule has 2 aromatic heterocycles. The van der Waals surface area contributed by atoms with Gasteiger partial charge in [-0.1, -0.05) is 11.8 Å². The Kier molecular flexibility index (Phi) is 4.05. The Hall–Kier alpha value is -1.74. The number of hydrogen-bond acceptors (Lipinski definition) is 5. The quantitative estimate of drug-likeness (QED) is 0.775. The standard InChI is InChI=1S/C12H14N4OS/c1-3-16-11(10-5-4-6-17-10)14-15-12(16)18-8-9(2)7-13/h4-6,9H,3,8H2,1-2H3/t9-/m1/s1. The van der Waals surface area contributed by atoms with E-state index in [1.807, 2.05) is 30.5 Å². The number of aromatic nitrogens is 3. The second kappa shape index (κ2) is 5.74. The normalized spacial score (nSPS) is 12.3. The zero-order chi connectivity index (χ0) is 13.0. The van der Waals surface area contributed by atoms with Gasteiger partial charge >= 0.3 is 0 Å². The fourth-order valence-corrected chi connectivity index (χ4v) is 2.45. The van der Waals surface area contributed by atoms with Crippen molar-refractivity contribution < 1.29 is 4.42 Å².